The van der Waals surface area contributed by atoms with Gasteiger partial charge in [0.1, 0.15) is 5.75 Å². The summed E-state index contributed by atoms with van der Waals surface area (Å²) in [5.74, 6) is 0.981. The lowest BCUT2D eigenvalue weighted by Crippen LogP contribution is -2.37. The second-order valence-corrected chi connectivity index (χ2v) is 6.73. The second-order valence-electron chi connectivity index (χ2n) is 5.45. The van der Waals surface area contributed by atoms with Gasteiger partial charge < -0.3 is 15.8 Å². The number of nitrogens with one attached hydrogen (secondary N) is 1. The second kappa shape index (κ2) is 5.56. The summed E-state index contributed by atoms with van der Waals surface area (Å²) in [4.78, 5) is 12.4. The molecule has 1 fully saturated rings. The highest BCUT2D eigenvalue weighted by molar-refractivity contribution is 8.00. The SMILES string of the molecule is CC(=O)NC1CCCC1Sc1ccc2c(c1N)CCO2. The number of anilines is 1. The van der Waals surface area contributed by atoms with Crippen LogP contribution in [0.15, 0.2) is 17.0 Å². The van der Waals surface area contributed by atoms with Gasteiger partial charge in [-0.3, -0.25) is 4.79 Å². The van der Waals surface area contributed by atoms with Crippen molar-refractivity contribution >= 4 is 23.4 Å². The molecule has 1 saturated carbocycles. The van der Waals surface area contributed by atoms with E-state index in [4.69, 9.17) is 10.5 Å². The summed E-state index contributed by atoms with van der Waals surface area (Å²) in [6.07, 6.45) is 4.25. The third-order valence-corrected chi connectivity index (χ3v) is 5.48. The molecule has 0 spiro atoms. The van der Waals surface area contributed by atoms with Gasteiger partial charge >= 0.3 is 0 Å². The third-order valence-electron chi connectivity index (χ3n) is 4.00. The van der Waals surface area contributed by atoms with E-state index in [9.17, 15) is 4.79 Å². The molecule has 2 unspecified atom stereocenters. The molecule has 0 radical (unpaired) electrons. The molecular formula is C15H20N2O2S. The molecule has 1 aromatic carbocycles. The minimum absolute atomic E-state index is 0.0535. The molecule has 20 heavy (non-hydrogen) atoms. The van der Waals surface area contributed by atoms with Crippen LogP contribution in [0.4, 0.5) is 5.69 Å². The maximum atomic E-state index is 11.3. The average molecular weight is 292 g/mol. The van der Waals surface area contributed by atoms with Crippen molar-refractivity contribution in [1.29, 1.82) is 0 Å². The van der Waals surface area contributed by atoms with Crippen molar-refractivity contribution in [1.82, 2.24) is 5.32 Å². The van der Waals surface area contributed by atoms with Crippen molar-refractivity contribution in [2.24, 2.45) is 0 Å². The number of rotatable bonds is 3. The maximum Gasteiger partial charge on any atom is 0.217 e. The summed E-state index contributed by atoms with van der Waals surface area (Å²) in [5, 5.41) is 3.48. The van der Waals surface area contributed by atoms with E-state index in [0.29, 0.717) is 5.25 Å². The first-order valence-corrected chi connectivity index (χ1v) is 8.01. The third kappa shape index (κ3) is 2.59. The molecular weight excluding hydrogens is 272 g/mol. The molecule has 0 saturated heterocycles. The Bertz CT molecular complexity index is 533. The van der Waals surface area contributed by atoms with Gasteiger partial charge in [0.2, 0.25) is 5.91 Å². The van der Waals surface area contributed by atoms with E-state index in [1.807, 2.05) is 12.1 Å². The number of carbonyl (C=O) groups is 1. The first-order chi connectivity index (χ1) is 9.65. The zero-order chi connectivity index (χ0) is 14.1. The van der Waals surface area contributed by atoms with Crippen LogP contribution in [-0.2, 0) is 11.2 Å². The average Bonchev–Trinajstić information content (AvgIpc) is 3.02. The normalized spacial score (nSPS) is 24.2. The highest BCUT2D eigenvalue weighted by Gasteiger charge is 2.30. The number of hydrogen-bond donors (Lipinski definition) is 2. The van der Waals surface area contributed by atoms with Crippen LogP contribution in [0, 0.1) is 0 Å². The first kappa shape index (κ1) is 13.6. The number of ether oxygens (including phenoxy) is 1. The van der Waals surface area contributed by atoms with Gasteiger partial charge in [0.15, 0.2) is 0 Å². The van der Waals surface area contributed by atoms with E-state index in [2.05, 4.69) is 5.32 Å². The lowest BCUT2D eigenvalue weighted by atomic mass is 10.1. The minimum atomic E-state index is 0.0535. The maximum absolute atomic E-state index is 11.3. The van der Waals surface area contributed by atoms with Crippen LogP contribution < -0.4 is 15.8 Å². The summed E-state index contributed by atoms with van der Waals surface area (Å²) in [6.45, 7) is 2.31. The highest BCUT2D eigenvalue weighted by atomic mass is 32.2. The Balaban J connectivity index is 1.76. The Labute approximate surface area is 123 Å². The lowest BCUT2D eigenvalue weighted by molar-refractivity contribution is -0.119. The Kier molecular flexibility index (Phi) is 3.78. The van der Waals surface area contributed by atoms with Crippen LogP contribution in [0.25, 0.3) is 0 Å². The zero-order valence-electron chi connectivity index (χ0n) is 11.6. The lowest BCUT2D eigenvalue weighted by Gasteiger charge is -2.21. The number of amides is 1. The quantitative estimate of drug-likeness (QED) is 0.839. The van der Waals surface area contributed by atoms with Crippen LogP contribution in [0.3, 0.4) is 0 Å². The molecule has 1 amide bonds. The van der Waals surface area contributed by atoms with Crippen molar-refractivity contribution in [2.75, 3.05) is 12.3 Å². The van der Waals surface area contributed by atoms with Gasteiger partial charge in [-0.25, -0.2) is 0 Å². The van der Waals surface area contributed by atoms with E-state index >= 15 is 0 Å². The van der Waals surface area contributed by atoms with Crippen LogP contribution >= 0.6 is 11.8 Å². The van der Waals surface area contributed by atoms with Gasteiger partial charge in [0.05, 0.1) is 12.3 Å². The fraction of sp³-hybridized carbons (Fsp3) is 0.533. The van der Waals surface area contributed by atoms with E-state index in [-0.39, 0.29) is 11.9 Å². The fourth-order valence-electron chi connectivity index (χ4n) is 3.04. The Morgan fingerprint density at radius 3 is 3.10 bits per heavy atom. The number of hydrogen-bond acceptors (Lipinski definition) is 4. The van der Waals surface area contributed by atoms with E-state index in [1.54, 1.807) is 18.7 Å². The smallest absolute Gasteiger partial charge is 0.217 e. The topological polar surface area (TPSA) is 64.4 Å². The summed E-state index contributed by atoms with van der Waals surface area (Å²) in [5.41, 5.74) is 8.27. The Morgan fingerprint density at radius 2 is 2.30 bits per heavy atom. The highest BCUT2D eigenvalue weighted by Crippen LogP contribution is 2.42. The molecule has 1 aliphatic carbocycles. The van der Waals surface area contributed by atoms with Gasteiger partial charge in [0, 0.05) is 35.1 Å². The monoisotopic (exact) mass is 292 g/mol. The molecule has 0 bridgehead atoms. The molecule has 1 aliphatic heterocycles. The number of benzene rings is 1. The van der Waals surface area contributed by atoms with Gasteiger partial charge in [0.25, 0.3) is 0 Å². The van der Waals surface area contributed by atoms with E-state index in [1.165, 1.54) is 0 Å². The Hall–Kier alpha value is -1.36. The number of nitrogens with two attached hydrogens (primary N) is 1. The molecule has 5 heteroatoms. The fourth-order valence-corrected chi connectivity index (χ4v) is 4.41. The summed E-state index contributed by atoms with van der Waals surface area (Å²) < 4.78 is 5.53. The van der Waals surface area contributed by atoms with Crippen LogP contribution in [0.2, 0.25) is 0 Å². The largest absolute Gasteiger partial charge is 0.493 e. The van der Waals surface area contributed by atoms with Crippen LogP contribution in [0.1, 0.15) is 31.7 Å². The van der Waals surface area contributed by atoms with E-state index in [0.717, 1.165) is 54.2 Å². The van der Waals surface area contributed by atoms with Crippen LogP contribution in [0.5, 0.6) is 5.75 Å². The Morgan fingerprint density at radius 1 is 1.45 bits per heavy atom. The van der Waals surface area contributed by atoms with Crippen LogP contribution in [-0.4, -0.2) is 23.8 Å². The number of fused-ring (bicyclic) bond motifs is 1. The number of nitrogen functional groups attached to an aromatic ring is 1. The van der Waals surface area contributed by atoms with Crippen molar-refractivity contribution in [3.8, 4) is 5.75 Å². The van der Waals surface area contributed by atoms with Crippen molar-refractivity contribution in [2.45, 2.75) is 48.8 Å². The van der Waals surface area contributed by atoms with Crippen molar-refractivity contribution < 1.29 is 9.53 Å². The summed E-state index contributed by atoms with van der Waals surface area (Å²) >= 11 is 1.80. The number of thioether (sulfide) groups is 1. The molecule has 3 N–H and O–H groups in total. The summed E-state index contributed by atoms with van der Waals surface area (Å²) in [7, 11) is 0. The molecule has 1 heterocycles. The molecule has 3 rings (SSSR count). The van der Waals surface area contributed by atoms with Crippen molar-refractivity contribution in [3.05, 3.63) is 17.7 Å². The number of carbonyl (C=O) groups excluding carboxylic acids is 1. The molecule has 2 atom stereocenters. The predicted octanol–water partition coefficient (Wildman–Crippen LogP) is 2.35. The molecule has 0 aromatic heterocycles. The van der Waals surface area contributed by atoms with Gasteiger partial charge in [-0.05, 0) is 25.0 Å². The minimum Gasteiger partial charge on any atom is -0.493 e. The van der Waals surface area contributed by atoms with Gasteiger partial charge in [-0.2, -0.15) is 0 Å². The summed E-state index contributed by atoms with van der Waals surface area (Å²) in [6, 6.07) is 4.33. The van der Waals surface area contributed by atoms with Crippen molar-refractivity contribution in [3.63, 3.8) is 0 Å². The molecule has 108 valence electrons. The molecule has 1 aromatic rings. The molecule has 2 aliphatic rings. The van der Waals surface area contributed by atoms with E-state index < -0.39 is 0 Å². The predicted molar refractivity (Wildman–Crippen MR) is 81.2 cm³/mol. The molecule has 4 nitrogen and oxygen atoms in total. The zero-order valence-corrected chi connectivity index (χ0v) is 12.5. The van der Waals surface area contributed by atoms with Gasteiger partial charge in [-0.1, -0.05) is 6.42 Å². The van der Waals surface area contributed by atoms with Gasteiger partial charge in [-0.15, -0.1) is 11.8 Å². The standard InChI is InChI=1S/C15H20N2O2S/c1-9(18)17-11-3-2-4-13(11)20-14-6-5-12-10(15(14)16)7-8-19-12/h5-6,11,13H,2-4,7-8,16H2,1H3,(H,17,18). The first-order valence-electron chi connectivity index (χ1n) is 7.13.